The van der Waals surface area contributed by atoms with Gasteiger partial charge in [-0.15, -0.1) is 0 Å². The zero-order chi connectivity index (χ0) is 24.1. The molecule has 1 amide bonds. The van der Waals surface area contributed by atoms with Crippen molar-refractivity contribution in [2.24, 2.45) is 0 Å². The van der Waals surface area contributed by atoms with Crippen LogP contribution in [-0.2, 0) is 11.3 Å². The summed E-state index contributed by atoms with van der Waals surface area (Å²) in [6.45, 7) is 6.83. The Labute approximate surface area is 200 Å². The van der Waals surface area contributed by atoms with E-state index in [0.29, 0.717) is 13.2 Å². The number of methoxy groups -OCH3 is 1. The normalized spacial score (nSPS) is 11.5. The summed E-state index contributed by atoms with van der Waals surface area (Å²) < 4.78 is 17.6. The molecule has 0 saturated heterocycles. The highest BCUT2D eigenvalue weighted by atomic mass is 16.5. The highest BCUT2D eigenvalue weighted by Gasteiger charge is 2.20. The van der Waals surface area contributed by atoms with Crippen molar-refractivity contribution in [2.75, 3.05) is 13.7 Å². The molecule has 174 valence electrons. The molecule has 4 rings (SSSR count). The van der Waals surface area contributed by atoms with Crippen LogP contribution in [0.1, 0.15) is 30.5 Å². The van der Waals surface area contributed by atoms with Crippen molar-refractivity contribution < 1.29 is 18.7 Å². The van der Waals surface area contributed by atoms with Crippen LogP contribution in [0.2, 0.25) is 0 Å². The molecule has 34 heavy (non-hydrogen) atoms. The molecule has 4 aromatic rings. The third kappa shape index (κ3) is 4.69. The van der Waals surface area contributed by atoms with E-state index in [-0.39, 0.29) is 5.91 Å². The average molecular weight is 456 g/mol. The molecular weight excluding hydrogens is 426 g/mol. The van der Waals surface area contributed by atoms with Gasteiger partial charge in [0, 0.05) is 40.3 Å². The number of para-hydroxylation sites is 1. The van der Waals surface area contributed by atoms with Crippen molar-refractivity contribution in [1.29, 1.82) is 0 Å². The van der Waals surface area contributed by atoms with E-state index in [4.69, 9.17) is 13.9 Å². The first-order valence-corrected chi connectivity index (χ1v) is 11.3. The van der Waals surface area contributed by atoms with Gasteiger partial charge in [-0.1, -0.05) is 48.5 Å². The summed E-state index contributed by atoms with van der Waals surface area (Å²) in [5.41, 5.74) is 6.25. The zero-order valence-corrected chi connectivity index (χ0v) is 20.0. The summed E-state index contributed by atoms with van der Waals surface area (Å²) in [6, 6.07) is 19.7. The first kappa shape index (κ1) is 23.2. The Morgan fingerprint density at radius 2 is 1.79 bits per heavy atom. The van der Waals surface area contributed by atoms with Crippen LogP contribution >= 0.6 is 0 Å². The molecule has 1 N–H and O–H groups in total. The third-order valence-electron chi connectivity index (χ3n) is 5.81. The lowest BCUT2D eigenvalue weighted by atomic mass is 9.96. The van der Waals surface area contributed by atoms with Crippen molar-refractivity contribution in [1.82, 2.24) is 5.32 Å². The third-order valence-corrected chi connectivity index (χ3v) is 5.81. The van der Waals surface area contributed by atoms with E-state index in [1.165, 1.54) is 0 Å². The van der Waals surface area contributed by atoms with Gasteiger partial charge in [0.15, 0.2) is 0 Å². The smallest absolute Gasteiger partial charge is 0.244 e. The number of fused-ring (bicyclic) bond motifs is 1. The predicted octanol–water partition coefficient (Wildman–Crippen LogP) is 6.54. The van der Waals surface area contributed by atoms with Gasteiger partial charge in [0.1, 0.15) is 17.1 Å². The maximum Gasteiger partial charge on any atom is 0.244 e. The lowest BCUT2D eigenvalue weighted by Gasteiger charge is -2.15. The van der Waals surface area contributed by atoms with Gasteiger partial charge in [0.2, 0.25) is 5.91 Å². The Morgan fingerprint density at radius 3 is 2.53 bits per heavy atom. The van der Waals surface area contributed by atoms with Crippen LogP contribution in [0.15, 0.2) is 77.4 Å². The number of ether oxygens (including phenoxy) is 2. The Balaban J connectivity index is 1.75. The standard InChI is InChI=1S/C29H29NO4/c1-5-33-28-20(3)29-24(25(18-34-29)22-13-9-10-14-26(22)32-4)16-23(28)19(2)15-27(31)30-17-21-11-7-6-8-12-21/h6-16,18H,5,17H2,1-4H3,(H,30,31)/b19-15+. The van der Waals surface area contributed by atoms with Gasteiger partial charge >= 0.3 is 0 Å². The summed E-state index contributed by atoms with van der Waals surface area (Å²) in [7, 11) is 1.66. The zero-order valence-electron chi connectivity index (χ0n) is 20.0. The lowest BCUT2D eigenvalue weighted by molar-refractivity contribution is -0.116. The number of benzene rings is 3. The molecule has 0 unspecified atom stereocenters. The van der Waals surface area contributed by atoms with Crippen LogP contribution in [0.3, 0.4) is 0 Å². The van der Waals surface area contributed by atoms with Gasteiger partial charge in [0.05, 0.1) is 20.0 Å². The molecule has 0 spiro atoms. The molecule has 3 aromatic carbocycles. The number of rotatable bonds is 8. The number of amides is 1. The first-order chi connectivity index (χ1) is 16.5. The molecule has 0 aliphatic rings. The van der Waals surface area contributed by atoms with Crippen molar-refractivity contribution in [2.45, 2.75) is 27.3 Å². The summed E-state index contributed by atoms with van der Waals surface area (Å²) in [4.78, 5) is 12.7. The van der Waals surface area contributed by atoms with Gasteiger partial charge in [0.25, 0.3) is 0 Å². The SMILES string of the molecule is CCOc1c(/C(C)=C/C(=O)NCc2ccccc2)cc2c(-c3ccccc3OC)coc2c1C. The Morgan fingerprint density at radius 1 is 1.06 bits per heavy atom. The highest BCUT2D eigenvalue weighted by Crippen LogP contribution is 2.42. The molecule has 5 nitrogen and oxygen atoms in total. The fourth-order valence-electron chi connectivity index (χ4n) is 4.13. The quantitative estimate of drug-likeness (QED) is 0.307. The van der Waals surface area contributed by atoms with Crippen LogP contribution in [0, 0.1) is 6.92 Å². The Hall–Kier alpha value is -3.99. The van der Waals surface area contributed by atoms with Crippen molar-refractivity contribution in [3.05, 3.63) is 89.7 Å². The number of hydrogen-bond acceptors (Lipinski definition) is 4. The maximum absolute atomic E-state index is 12.7. The fourth-order valence-corrected chi connectivity index (χ4v) is 4.13. The van der Waals surface area contributed by atoms with E-state index in [0.717, 1.165) is 55.9 Å². The molecule has 5 heteroatoms. The number of hydrogen-bond donors (Lipinski definition) is 1. The Kier molecular flexibility index (Phi) is 7.02. The fraction of sp³-hybridized carbons (Fsp3) is 0.207. The Bertz CT molecular complexity index is 1340. The maximum atomic E-state index is 12.7. The van der Waals surface area contributed by atoms with Gasteiger partial charge in [-0.3, -0.25) is 4.79 Å². The molecule has 0 atom stereocenters. The van der Waals surface area contributed by atoms with Crippen LogP contribution < -0.4 is 14.8 Å². The lowest BCUT2D eigenvalue weighted by Crippen LogP contribution is -2.20. The average Bonchev–Trinajstić information content (AvgIpc) is 3.29. The van der Waals surface area contributed by atoms with E-state index in [9.17, 15) is 4.79 Å². The molecule has 0 radical (unpaired) electrons. The molecular formula is C29H29NO4. The van der Waals surface area contributed by atoms with Crippen molar-refractivity contribution in [3.63, 3.8) is 0 Å². The van der Waals surface area contributed by atoms with Gasteiger partial charge in [-0.2, -0.15) is 0 Å². The highest BCUT2D eigenvalue weighted by molar-refractivity contribution is 6.02. The second kappa shape index (κ2) is 10.3. The number of carbonyl (C=O) groups is 1. The molecule has 0 aliphatic carbocycles. The van der Waals surface area contributed by atoms with Gasteiger partial charge in [-0.05, 0) is 44.0 Å². The summed E-state index contributed by atoms with van der Waals surface area (Å²) in [5.74, 6) is 1.34. The monoisotopic (exact) mass is 455 g/mol. The molecule has 0 aliphatic heterocycles. The van der Waals surface area contributed by atoms with Crippen molar-refractivity contribution in [3.8, 4) is 22.6 Å². The van der Waals surface area contributed by atoms with Crippen LogP contribution in [0.5, 0.6) is 11.5 Å². The van der Waals surface area contributed by atoms with E-state index in [1.54, 1.807) is 19.4 Å². The molecule has 1 aromatic heterocycles. The number of allylic oxidation sites excluding steroid dienone is 1. The number of furan rings is 1. The minimum absolute atomic E-state index is 0.154. The van der Waals surface area contributed by atoms with E-state index >= 15 is 0 Å². The van der Waals surface area contributed by atoms with E-state index < -0.39 is 0 Å². The minimum Gasteiger partial charge on any atom is -0.496 e. The predicted molar refractivity (Wildman–Crippen MR) is 136 cm³/mol. The number of carbonyl (C=O) groups excluding carboxylic acids is 1. The summed E-state index contributed by atoms with van der Waals surface area (Å²) >= 11 is 0. The second-order valence-electron chi connectivity index (χ2n) is 8.07. The van der Waals surface area contributed by atoms with Crippen LogP contribution in [-0.4, -0.2) is 19.6 Å². The topological polar surface area (TPSA) is 60.7 Å². The van der Waals surface area contributed by atoms with E-state index in [1.807, 2.05) is 81.4 Å². The minimum atomic E-state index is -0.154. The van der Waals surface area contributed by atoms with Gasteiger partial charge in [-0.25, -0.2) is 0 Å². The number of nitrogens with one attached hydrogen (secondary N) is 1. The second-order valence-corrected chi connectivity index (χ2v) is 8.07. The van der Waals surface area contributed by atoms with Gasteiger partial charge < -0.3 is 19.2 Å². The molecule has 0 fully saturated rings. The van der Waals surface area contributed by atoms with Crippen LogP contribution in [0.4, 0.5) is 0 Å². The molecule has 0 bridgehead atoms. The van der Waals surface area contributed by atoms with Crippen LogP contribution in [0.25, 0.3) is 27.7 Å². The molecule has 0 saturated carbocycles. The molecule has 1 heterocycles. The van der Waals surface area contributed by atoms with Crippen molar-refractivity contribution >= 4 is 22.4 Å². The largest absolute Gasteiger partial charge is 0.496 e. The first-order valence-electron chi connectivity index (χ1n) is 11.3. The summed E-state index contributed by atoms with van der Waals surface area (Å²) in [6.07, 6.45) is 3.37. The summed E-state index contributed by atoms with van der Waals surface area (Å²) in [5, 5.41) is 3.90. The van der Waals surface area contributed by atoms with E-state index in [2.05, 4.69) is 5.32 Å². The number of aryl methyl sites for hydroxylation is 1.